The molecule has 3 rings (SSSR count). The molecule has 0 aliphatic carbocycles. The summed E-state index contributed by atoms with van der Waals surface area (Å²) >= 11 is 0. The minimum atomic E-state index is -0.477. The van der Waals surface area contributed by atoms with Gasteiger partial charge in [-0.1, -0.05) is 24.3 Å². The molecule has 0 bridgehead atoms. The minimum Gasteiger partial charge on any atom is -0.339 e. The van der Waals surface area contributed by atoms with Gasteiger partial charge in [0.1, 0.15) is 0 Å². The summed E-state index contributed by atoms with van der Waals surface area (Å²) in [4.78, 5) is 49.3. The summed E-state index contributed by atoms with van der Waals surface area (Å²) in [5.41, 5.74) is 1.80. The van der Waals surface area contributed by atoms with E-state index in [0.29, 0.717) is 55.0 Å². The number of nitrogens with one attached hydrogen (secondary N) is 1. The van der Waals surface area contributed by atoms with Crippen LogP contribution in [0.3, 0.4) is 0 Å². The van der Waals surface area contributed by atoms with Gasteiger partial charge in [0.2, 0.25) is 18.2 Å². The van der Waals surface area contributed by atoms with Crippen molar-refractivity contribution in [3.8, 4) is 11.1 Å². The van der Waals surface area contributed by atoms with Crippen molar-refractivity contribution in [2.45, 2.75) is 6.92 Å². The van der Waals surface area contributed by atoms with Crippen molar-refractivity contribution in [3.63, 3.8) is 0 Å². The Morgan fingerprint density at radius 1 is 1.06 bits per heavy atom. The molecule has 160 valence electrons. The highest BCUT2D eigenvalue weighted by Crippen LogP contribution is 2.35. The zero-order valence-electron chi connectivity index (χ0n) is 17.0. The third-order valence-corrected chi connectivity index (χ3v) is 5.09. The number of hydrogen-bond donors (Lipinski definition) is 1. The molecule has 0 saturated carbocycles. The van der Waals surface area contributed by atoms with Crippen molar-refractivity contribution in [1.82, 2.24) is 9.80 Å². The van der Waals surface area contributed by atoms with E-state index in [4.69, 9.17) is 0 Å². The first-order valence-electron chi connectivity index (χ1n) is 9.71. The van der Waals surface area contributed by atoms with Gasteiger partial charge in [-0.15, -0.1) is 0 Å². The Balaban J connectivity index is 1.89. The Morgan fingerprint density at radius 3 is 2.39 bits per heavy atom. The van der Waals surface area contributed by atoms with E-state index in [2.05, 4.69) is 5.32 Å². The van der Waals surface area contributed by atoms with Crippen LogP contribution in [0.15, 0.2) is 48.5 Å². The average molecular weight is 422 g/mol. The summed E-state index contributed by atoms with van der Waals surface area (Å²) in [5, 5.41) is 14.2. The number of nitrogens with zero attached hydrogens (tertiary/aromatic N) is 3. The molecule has 0 atom stereocenters. The summed E-state index contributed by atoms with van der Waals surface area (Å²) in [6.07, 6.45) is 3.48. The summed E-state index contributed by atoms with van der Waals surface area (Å²) in [5.74, 6) is -0.243. The van der Waals surface area contributed by atoms with Crippen LogP contribution >= 0.6 is 0 Å². The van der Waals surface area contributed by atoms with Gasteiger partial charge >= 0.3 is 0 Å². The molecule has 9 nitrogen and oxygen atoms in total. The molecule has 0 aromatic heterocycles. The highest BCUT2D eigenvalue weighted by Gasteiger charge is 2.22. The smallest absolute Gasteiger partial charge is 0.277 e. The SMILES string of the molecule is CC(=O)N1CCN(C(=O)C=Cc2cccc([N+](=O)[O-])c2-c2cccc(NC=O)c2)CC1. The maximum Gasteiger partial charge on any atom is 0.277 e. The number of amides is 3. The normalized spacial score (nSPS) is 13.8. The second-order valence-electron chi connectivity index (χ2n) is 7.01. The number of anilines is 1. The fourth-order valence-corrected chi connectivity index (χ4v) is 3.50. The van der Waals surface area contributed by atoms with Crippen molar-refractivity contribution in [2.75, 3.05) is 31.5 Å². The van der Waals surface area contributed by atoms with E-state index in [0.717, 1.165) is 0 Å². The van der Waals surface area contributed by atoms with Crippen molar-refractivity contribution in [2.24, 2.45) is 0 Å². The molecule has 1 fully saturated rings. The molecule has 2 aromatic rings. The summed E-state index contributed by atoms with van der Waals surface area (Å²) in [6.45, 7) is 3.33. The van der Waals surface area contributed by atoms with Crippen molar-refractivity contribution >= 4 is 35.7 Å². The molecule has 1 heterocycles. The Hall–Kier alpha value is -4.01. The summed E-state index contributed by atoms with van der Waals surface area (Å²) < 4.78 is 0. The molecule has 9 heteroatoms. The molecular weight excluding hydrogens is 400 g/mol. The van der Waals surface area contributed by atoms with Crippen LogP contribution in [0.2, 0.25) is 0 Å². The number of carbonyl (C=O) groups is 3. The fraction of sp³-hybridized carbons (Fsp3) is 0.227. The monoisotopic (exact) mass is 422 g/mol. The van der Waals surface area contributed by atoms with Gasteiger partial charge in [-0.05, 0) is 29.3 Å². The molecule has 1 saturated heterocycles. The highest BCUT2D eigenvalue weighted by atomic mass is 16.6. The quantitative estimate of drug-likeness (QED) is 0.333. The first-order valence-corrected chi connectivity index (χ1v) is 9.71. The number of rotatable bonds is 6. The van der Waals surface area contributed by atoms with Crippen LogP contribution < -0.4 is 5.32 Å². The lowest BCUT2D eigenvalue weighted by atomic mass is 9.97. The van der Waals surface area contributed by atoms with Crippen LogP contribution in [0.1, 0.15) is 12.5 Å². The topological polar surface area (TPSA) is 113 Å². The maximum absolute atomic E-state index is 12.6. The zero-order valence-corrected chi connectivity index (χ0v) is 17.0. The van der Waals surface area contributed by atoms with Gasteiger partial charge in [0, 0.05) is 50.9 Å². The predicted octanol–water partition coefficient (Wildman–Crippen LogP) is 2.53. The van der Waals surface area contributed by atoms with E-state index in [1.54, 1.807) is 52.3 Å². The lowest BCUT2D eigenvalue weighted by Gasteiger charge is -2.33. The molecule has 0 spiro atoms. The van der Waals surface area contributed by atoms with Crippen molar-refractivity contribution in [1.29, 1.82) is 0 Å². The summed E-state index contributed by atoms with van der Waals surface area (Å²) in [6, 6.07) is 11.4. The number of hydrogen-bond acceptors (Lipinski definition) is 5. The summed E-state index contributed by atoms with van der Waals surface area (Å²) in [7, 11) is 0. The van der Waals surface area contributed by atoms with E-state index in [-0.39, 0.29) is 17.5 Å². The number of piperazine rings is 1. The van der Waals surface area contributed by atoms with Crippen LogP contribution in [0, 0.1) is 10.1 Å². The van der Waals surface area contributed by atoms with E-state index in [1.165, 1.54) is 19.1 Å². The predicted molar refractivity (Wildman–Crippen MR) is 116 cm³/mol. The van der Waals surface area contributed by atoms with Gasteiger partial charge in [0.15, 0.2) is 0 Å². The van der Waals surface area contributed by atoms with Crippen LogP contribution in [0.25, 0.3) is 17.2 Å². The zero-order chi connectivity index (χ0) is 22.4. The number of benzene rings is 2. The average Bonchev–Trinajstić information content (AvgIpc) is 2.77. The van der Waals surface area contributed by atoms with Gasteiger partial charge in [0.25, 0.3) is 5.69 Å². The second-order valence-corrected chi connectivity index (χ2v) is 7.01. The molecule has 31 heavy (non-hydrogen) atoms. The van der Waals surface area contributed by atoms with Gasteiger partial charge < -0.3 is 15.1 Å². The van der Waals surface area contributed by atoms with Crippen LogP contribution in [-0.4, -0.2) is 59.1 Å². The standard InChI is InChI=1S/C22H22N4O5/c1-16(28)24-10-12-25(13-11-24)21(29)9-8-17-4-3-7-20(26(30)31)22(17)18-5-2-6-19(14-18)23-15-27/h2-9,14-15H,10-13H2,1H3,(H,23,27). The molecule has 3 amide bonds. The lowest BCUT2D eigenvalue weighted by molar-refractivity contribution is -0.384. The van der Waals surface area contributed by atoms with Gasteiger partial charge in [0.05, 0.1) is 10.5 Å². The second kappa shape index (κ2) is 9.66. The Morgan fingerprint density at radius 2 is 1.74 bits per heavy atom. The molecular formula is C22H22N4O5. The van der Waals surface area contributed by atoms with E-state index >= 15 is 0 Å². The van der Waals surface area contributed by atoms with Crippen molar-refractivity contribution in [3.05, 3.63) is 64.2 Å². The highest BCUT2D eigenvalue weighted by molar-refractivity contribution is 5.94. The van der Waals surface area contributed by atoms with Crippen molar-refractivity contribution < 1.29 is 19.3 Å². The third kappa shape index (κ3) is 5.13. The number of carbonyl (C=O) groups excluding carboxylic acids is 3. The Labute approximate surface area is 179 Å². The van der Waals surface area contributed by atoms with Crippen LogP contribution in [-0.2, 0) is 14.4 Å². The fourth-order valence-electron chi connectivity index (χ4n) is 3.50. The number of nitro groups is 1. The van der Waals surface area contributed by atoms with Gasteiger partial charge in [-0.2, -0.15) is 0 Å². The molecule has 2 aromatic carbocycles. The van der Waals surface area contributed by atoms with Gasteiger partial charge in [-0.25, -0.2) is 0 Å². The molecule has 1 N–H and O–H groups in total. The van der Waals surface area contributed by atoms with Crippen LogP contribution in [0.5, 0.6) is 0 Å². The van der Waals surface area contributed by atoms with Crippen LogP contribution in [0.4, 0.5) is 11.4 Å². The molecule has 0 unspecified atom stereocenters. The maximum atomic E-state index is 12.6. The molecule has 1 aliphatic heterocycles. The first kappa shape index (κ1) is 21.7. The number of nitro benzene ring substituents is 1. The Bertz CT molecular complexity index is 1040. The molecule has 0 radical (unpaired) electrons. The first-order chi connectivity index (χ1) is 14.9. The largest absolute Gasteiger partial charge is 0.339 e. The lowest BCUT2D eigenvalue weighted by Crippen LogP contribution is -2.49. The van der Waals surface area contributed by atoms with Gasteiger partial charge in [-0.3, -0.25) is 24.5 Å². The third-order valence-electron chi connectivity index (χ3n) is 5.09. The molecule has 1 aliphatic rings. The Kier molecular flexibility index (Phi) is 6.76. The van der Waals surface area contributed by atoms with E-state index < -0.39 is 4.92 Å². The van der Waals surface area contributed by atoms with E-state index in [1.807, 2.05) is 0 Å². The minimum absolute atomic E-state index is 0.0184. The van der Waals surface area contributed by atoms with E-state index in [9.17, 15) is 24.5 Å².